The molecule has 1 aliphatic carbocycles. The van der Waals surface area contributed by atoms with E-state index in [1.807, 2.05) is 36.4 Å². The Balaban J connectivity index is 1.99. The van der Waals surface area contributed by atoms with Crippen LogP contribution in [0.1, 0.15) is 17.9 Å². The molecule has 1 saturated heterocycles. The predicted octanol–water partition coefficient (Wildman–Crippen LogP) is 2.81. The van der Waals surface area contributed by atoms with Gasteiger partial charge in [0.05, 0.1) is 11.8 Å². The smallest absolute Gasteiger partial charge is 0.318 e. The average molecular weight is 307 g/mol. The van der Waals surface area contributed by atoms with E-state index in [1.54, 1.807) is 0 Å². The number of esters is 2. The number of carbonyl (C=O) groups is 2. The minimum Gasteiger partial charge on any atom is -0.393 e. The highest BCUT2D eigenvalue weighted by molar-refractivity contribution is 9.10. The van der Waals surface area contributed by atoms with E-state index < -0.39 is 0 Å². The van der Waals surface area contributed by atoms with Gasteiger partial charge < -0.3 is 4.74 Å². The van der Waals surface area contributed by atoms with Gasteiger partial charge in [0.1, 0.15) is 0 Å². The minimum absolute atomic E-state index is 0.0594. The Morgan fingerprint density at radius 1 is 1.11 bits per heavy atom. The van der Waals surface area contributed by atoms with Crippen molar-refractivity contribution in [2.75, 3.05) is 0 Å². The Morgan fingerprint density at radius 2 is 1.83 bits per heavy atom. The van der Waals surface area contributed by atoms with Gasteiger partial charge in [0.2, 0.25) is 0 Å². The molecule has 0 aromatic heterocycles. The van der Waals surface area contributed by atoms with Gasteiger partial charge in [0.25, 0.3) is 0 Å². The van der Waals surface area contributed by atoms with Crippen molar-refractivity contribution in [3.63, 3.8) is 0 Å². The van der Waals surface area contributed by atoms with Crippen LogP contribution in [-0.4, -0.2) is 11.9 Å². The van der Waals surface area contributed by atoms with E-state index in [0.29, 0.717) is 6.42 Å². The number of ether oxygens (including phenoxy) is 1. The van der Waals surface area contributed by atoms with Crippen LogP contribution < -0.4 is 0 Å². The van der Waals surface area contributed by atoms with Crippen molar-refractivity contribution < 1.29 is 14.3 Å². The fourth-order valence-electron chi connectivity index (χ4n) is 2.69. The fraction of sp³-hybridized carbons (Fsp3) is 0.286. The lowest BCUT2D eigenvalue weighted by molar-refractivity contribution is -0.153. The number of rotatable bonds is 1. The lowest BCUT2D eigenvalue weighted by atomic mass is 9.74. The molecule has 1 aromatic rings. The molecule has 3 atom stereocenters. The van der Waals surface area contributed by atoms with Crippen molar-refractivity contribution in [2.45, 2.75) is 12.3 Å². The zero-order chi connectivity index (χ0) is 12.7. The van der Waals surface area contributed by atoms with Crippen LogP contribution in [0.25, 0.3) is 0 Å². The molecule has 0 saturated carbocycles. The number of hydrogen-bond donors (Lipinski definition) is 0. The predicted molar refractivity (Wildman–Crippen MR) is 68.7 cm³/mol. The maximum atomic E-state index is 11.8. The van der Waals surface area contributed by atoms with Crippen LogP contribution >= 0.6 is 15.9 Å². The molecular formula is C14H11BrO3. The summed E-state index contributed by atoms with van der Waals surface area (Å²) < 4.78 is 5.75. The zero-order valence-corrected chi connectivity index (χ0v) is 11.1. The van der Waals surface area contributed by atoms with Crippen molar-refractivity contribution >= 4 is 27.9 Å². The van der Waals surface area contributed by atoms with Crippen molar-refractivity contribution in [3.05, 3.63) is 46.5 Å². The molecule has 0 unspecified atom stereocenters. The molecule has 0 radical (unpaired) electrons. The van der Waals surface area contributed by atoms with Crippen molar-refractivity contribution in [1.82, 2.24) is 0 Å². The second-order valence-corrected chi connectivity index (χ2v) is 5.53. The summed E-state index contributed by atoms with van der Waals surface area (Å²) in [6, 6.07) is 7.82. The number of hydrogen-bond acceptors (Lipinski definition) is 3. The SMILES string of the molecule is O=C1OC(=O)[C@@H]2CC=C[C@@H](c3ccc(Br)cc3)[C@H]12. The lowest BCUT2D eigenvalue weighted by Crippen LogP contribution is -2.26. The van der Waals surface area contributed by atoms with E-state index in [4.69, 9.17) is 4.74 Å². The number of carbonyl (C=O) groups excluding carboxylic acids is 2. The van der Waals surface area contributed by atoms with Crippen molar-refractivity contribution in [1.29, 1.82) is 0 Å². The van der Waals surface area contributed by atoms with Gasteiger partial charge in [-0.25, -0.2) is 0 Å². The van der Waals surface area contributed by atoms with Crippen molar-refractivity contribution in [3.8, 4) is 0 Å². The lowest BCUT2D eigenvalue weighted by Gasteiger charge is -2.25. The van der Waals surface area contributed by atoms with E-state index >= 15 is 0 Å². The summed E-state index contributed by atoms with van der Waals surface area (Å²) in [4.78, 5) is 23.3. The molecule has 1 fully saturated rings. The van der Waals surface area contributed by atoms with Gasteiger partial charge in [-0.3, -0.25) is 9.59 Å². The largest absolute Gasteiger partial charge is 0.393 e. The third-order valence-corrected chi connectivity index (χ3v) is 4.11. The molecule has 1 heterocycles. The molecular weight excluding hydrogens is 296 g/mol. The second kappa shape index (κ2) is 4.35. The Labute approximate surface area is 113 Å². The normalized spacial score (nSPS) is 30.2. The highest BCUT2D eigenvalue weighted by Gasteiger charge is 2.48. The van der Waals surface area contributed by atoms with Crippen LogP contribution in [0.4, 0.5) is 0 Å². The second-order valence-electron chi connectivity index (χ2n) is 4.61. The Morgan fingerprint density at radius 3 is 2.56 bits per heavy atom. The van der Waals surface area contributed by atoms with Gasteiger partial charge in [-0.05, 0) is 24.1 Å². The van der Waals surface area contributed by atoms with Gasteiger partial charge in [-0.1, -0.05) is 40.2 Å². The summed E-state index contributed by atoms with van der Waals surface area (Å²) in [7, 11) is 0. The molecule has 18 heavy (non-hydrogen) atoms. The van der Waals surface area contributed by atoms with Crippen LogP contribution in [0.3, 0.4) is 0 Å². The van der Waals surface area contributed by atoms with Crippen molar-refractivity contribution in [2.24, 2.45) is 11.8 Å². The third kappa shape index (κ3) is 1.81. The first-order valence-corrected chi connectivity index (χ1v) is 6.64. The Bertz CT molecular complexity index is 532. The highest BCUT2D eigenvalue weighted by Crippen LogP contribution is 2.42. The monoisotopic (exact) mass is 306 g/mol. The summed E-state index contributed by atoms with van der Waals surface area (Å²) in [5.74, 6) is -1.49. The molecule has 4 heteroatoms. The van der Waals surface area contributed by atoms with E-state index in [1.165, 1.54) is 0 Å². The van der Waals surface area contributed by atoms with Gasteiger partial charge in [-0.2, -0.15) is 0 Å². The molecule has 1 aliphatic heterocycles. The van der Waals surface area contributed by atoms with Gasteiger partial charge in [0.15, 0.2) is 0 Å². The molecule has 1 aromatic carbocycles. The molecule has 0 N–H and O–H groups in total. The zero-order valence-electron chi connectivity index (χ0n) is 9.51. The number of cyclic esters (lactones) is 2. The van der Waals surface area contributed by atoms with E-state index in [9.17, 15) is 9.59 Å². The van der Waals surface area contributed by atoms with E-state index in [0.717, 1.165) is 10.0 Å². The first kappa shape index (κ1) is 11.7. The first-order chi connectivity index (χ1) is 8.66. The summed E-state index contributed by atoms with van der Waals surface area (Å²) in [6.07, 6.45) is 4.57. The van der Waals surface area contributed by atoms with Gasteiger partial charge in [0, 0.05) is 10.4 Å². The molecule has 92 valence electrons. The Kier molecular flexibility index (Phi) is 2.82. The summed E-state index contributed by atoms with van der Waals surface area (Å²) >= 11 is 3.38. The topological polar surface area (TPSA) is 43.4 Å². The molecule has 3 nitrogen and oxygen atoms in total. The van der Waals surface area contributed by atoms with E-state index in [-0.39, 0.29) is 29.7 Å². The third-order valence-electron chi connectivity index (χ3n) is 3.58. The molecule has 0 spiro atoms. The summed E-state index contributed by atoms with van der Waals surface area (Å²) in [5.41, 5.74) is 1.04. The molecule has 2 aliphatic rings. The summed E-state index contributed by atoms with van der Waals surface area (Å²) in [6.45, 7) is 0. The van der Waals surface area contributed by atoms with Crippen LogP contribution in [0.2, 0.25) is 0 Å². The maximum Gasteiger partial charge on any atom is 0.318 e. The van der Waals surface area contributed by atoms with Crippen LogP contribution in [-0.2, 0) is 14.3 Å². The highest BCUT2D eigenvalue weighted by atomic mass is 79.9. The standard InChI is InChI=1S/C14H11BrO3/c15-9-6-4-8(5-7-9)10-2-1-3-11-12(10)14(17)18-13(11)16/h1-2,4-7,10-12H,3H2/t10-,11+,12-/m0/s1. The van der Waals surface area contributed by atoms with Crippen LogP contribution in [0.15, 0.2) is 40.9 Å². The maximum absolute atomic E-state index is 11.8. The minimum atomic E-state index is -0.387. The summed E-state index contributed by atoms with van der Waals surface area (Å²) in [5, 5.41) is 0. The van der Waals surface area contributed by atoms with Crippen LogP contribution in [0.5, 0.6) is 0 Å². The average Bonchev–Trinajstić information content (AvgIpc) is 2.66. The van der Waals surface area contributed by atoms with Gasteiger partial charge in [-0.15, -0.1) is 0 Å². The molecule has 0 amide bonds. The molecule has 3 rings (SSSR count). The quantitative estimate of drug-likeness (QED) is 0.455. The fourth-order valence-corrected chi connectivity index (χ4v) is 2.95. The van der Waals surface area contributed by atoms with E-state index in [2.05, 4.69) is 15.9 Å². The van der Waals surface area contributed by atoms with Gasteiger partial charge >= 0.3 is 11.9 Å². The van der Waals surface area contributed by atoms with Crippen LogP contribution in [0, 0.1) is 11.8 Å². The molecule has 0 bridgehead atoms. The number of allylic oxidation sites excluding steroid dienone is 2. The number of benzene rings is 1. The Hall–Kier alpha value is -1.42. The number of fused-ring (bicyclic) bond motifs is 1. The first-order valence-electron chi connectivity index (χ1n) is 5.84. The number of halogens is 1.